The fourth-order valence-corrected chi connectivity index (χ4v) is 7.98. The Kier molecular flexibility index (Phi) is 6.52. The van der Waals surface area contributed by atoms with Gasteiger partial charge in [-0.1, -0.05) is 152 Å². The summed E-state index contributed by atoms with van der Waals surface area (Å²) >= 11 is 0. The maximum atomic E-state index is 6.56. The molecular formula is C49H29N3O. The van der Waals surface area contributed by atoms with E-state index >= 15 is 0 Å². The molecule has 0 saturated carbocycles. The maximum Gasteiger partial charge on any atom is 0.164 e. The lowest BCUT2D eigenvalue weighted by Crippen LogP contribution is -2.01. The maximum absolute atomic E-state index is 6.56. The summed E-state index contributed by atoms with van der Waals surface area (Å²) in [6.07, 6.45) is 0. The lowest BCUT2D eigenvalue weighted by atomic mass is 9.94. The van der Waals surface area contributed by atoms with Crippen molar-refractivity contribution in [3.63, 3.8) is 0 Å². The van der Waals surface area contributed by atoms with Crippen LogP contribution in [0.15, 0.2) is 180 Å². The van der Waals surface area contributed by atoms with E-state index in [1.807, 2.05) is 30.3 Å². The van der Waals surface area contributed by atoms with Crippen molar-refractivity contribution in [1.82, 2.24) is 15.0 Å². The molecule has 0 amide bonds. The van der Waals surface area contributed by atoms with Gasteiger partial charge in [-0.25, -0.2) is 15.0 Å². The minimum absolute atomic E-state index is 0.595. The van der Waals surface area contributed by atoms with Gasteiger partial charge < -0.3 is 4.42 Å². The number of fused-ring (bicyclic) bond motifs is 9. The molecule has 9 aromatic carbocycles. The smallest absolute Gasteiger partial charge is 0.164 e. The normalized spacial score (nSPS) is 11.8. The molecule has 11 aromatic rings. The quantitative estimate of drug-likeness (QED) is 0.174. The minimum atomic E-state index is 0.595. The average Bonchev–Trinajstić information content (AvgIpc) is 3.61. The Morgan fingerprint density at radius 3 is 1.77 bits per heavy atom. The fourth-order valence-electron chi connectivity index (χ4n) is 7.98. The van der Waals surface area contributed by atoms with Crippen LogP contribution in [0.25, 0.3) is 110 Å². The van der Waals surface area contributed by atoms with Gasteiger partial charge >= 0.3 is 0 Å². The standard InChI is InChI=1S/C49H29N3O/c1-2-13-33(14-3-1)47-50-48(35-25-26-40-34(27-35)24-23-32-22-21-31-12-5-7-17-39(31)45(32)40)52-49(51-47)42-28-36(38-19-10-15-30-11-4-6-16-37(30)38)29-44-46(42)41-18-8-9-20-43(41)53-44/h1-29H. The molecule has 0 radical (unpaired) electrons. The van der Waals surface area contributed by atoms with Crippen molar-refractivity contribution in [2.45, 2.75) is 0 Å². The minimum Gasteiger partial charge on any atom is -0.456 e. The summed E-state index contributed by atoms with van der Waals surface area (Å²) in [5.74, 6) is 1.83. The summed E-state index contributed by atoms with van der Waals surface area (Å²) in [5.41, 5.74) is 6.53. The first-order valence-corrected chi connectivity index (χ1v) is 17.9. The molecule has 4 heteroatoms. The summed E-state index contributed by atoms with van der Waals surface area (Å²) in [7, 11) is 0. The van der Waals surface area contributed by atoms with E-state index in [1.54, 1.807) is 0 Å². The molecule has 2 heterocycles. The Morgan fingerprint density at radius 2 is 0.925 bits per heavy atom. The van der Waals surface area contributed by atoms with Crippen molar-refractivity contribution < 1.29 is 4.42 Å². The number of furan rings is 1. The van der Waals surface area contributed by atoms with Gasteiger partial charge in [-0.05, 0) is 78.5 Å². The second-order valence-electron chi connectivity index (χ2n) is 13.6. The van der Waals surface area contributed by atoms with Crippen molar-refractivity contribution in [3.05, 3.63) is 176 Å². The molecule has 0 unspecified atom stereocenters. The van der Waals surface area contributed by atoms with Crippen LogP contribution in [0.5, 0.6) is 0 Å². The Balaban J connectivity index is 1.18. The van der Waals surface area contributed by atoms with Gasteiger partial charge in [0.1, 0.15) is 11.2 Å². The lowest BCUT2D eigenvalue weighted by molar-refractivity contribution is 0.669. The molecular weight excluding hydrogens is 647 g/mol. The van der Waals surface area contributed by atoms with E-state index in [4.69, 9.17) is 19.4 Å². The second kappa shape index (κ2) is 11.7. The molecule has 0 atom stereocenters. The zero-order valence-corrected chi connectivity index (χ0v) is 28.5. The van der Waals surface area contributed by atoms with Crippen molar-refractivity contribution in [3.8, 4) is 45.3 Å². The number of rotatable bonds is 4. The lowest BCUT2D eigenvalue weighted by Gasteiger charge is -2.13. The summed E-state index contributed by atoms with van der Waals surface area (Å²) in [6, 6.07) is 61.6. The van der Waals surface area contributed by atoms with Crippen LogP contribution < -0.4 is 0 Å². The van der Waals surface area contributed by atoms with Crippen molar-refractivity contribution in [2.75, 3.05) is 0 Å². The van der Waals surface area contributed by atoms with E-state index in [1.165, 1.54) is 37.7 Å². The van der Waals surface area contributed by atoms with Crippen LogP contribution in [0.3, 0.4) is 0 Å². The second-order valence-corrected chi connectivity index (χ2v) is 13.6. The Morgan fingerprint density at radius 1 is 0.302 bits per heavy atom. The largest absolute Gasteiger partial charge is 0.456 e. The third-order valence-electron chi connectivity index (χ3n) is 10.5. The van der Waals surface area contributed by atoms with Gasteiger partial charge in [0.05, 0.1) is 0 Å². The van der Waals surface area contributed by atoms with Gasteiger partial charge in [0, 0.05) is 27.5 Å². The molecule has 246 valence electrons. The molecule has 11 rings (SSSR count). The van der Waals surface area contributed by atoms with Gasteiger partial charge in [-0.15, -0.1) is 0 Å². The van der Waals surface area contributed by atoms with E-state index in [9.17, 15) is 0 Å². The van der Waals surface area contributed by atoms with Gasteiger partial charge in [0.2, 0.25) is 0 Å². The zero-order valence-electron chi connectivity index (χ0n) is 28.5. The number of nitrogens with zero attached hydrogens (tertiary/aromatic N) is 3. The van der Waals surface area contributed by atoms with E-state index in [2.05, 4.69) is 146 Å². The molecule has 0 N–H and O–H groups in total. The molecule has 0 saturated heterocycles. The van der Waals surface area contributed by atoms with Crippen LogP contribution in [-0.2, 0) is 0 Å². The molecule has 0 bridgehead atoms. The van der Waals surface area contributed by atoms with Gasteiger partial charge in [-0.2, -0.15) is 0 Å². The highest BCUT2D eigenvalue weighted by Gasteiger charge is 2.20. The summed E-state index contributed by atoms with van der Waals surface area (Å²) in [6.45, 7) is 0. The summed E-state index contributed by atoms with van der Waals surface area (Å²) in [4.78, 5) is 15.6. The highest BCUT2D eigenvalue weighted by Crippen LogP contribution is 2.41. The Hall–Kier alpha value is -7.17. The number of hydrogen-bond donors (Lipinski definition) is 0. The van der Waals surface area contributed by atoms with Crippen molar-refractivity contribution in [2.24, 2.45) is 0 Å². The van der Waals surface area contributed by atoms with E-state index < -0.39 is 0 Å². The number of aromatic nitrogens is 3. The first-order chi connectivity index (χ1) is 26.2. The molecule has 2 aromatic heterocycles. The number of para-hydroxylation sites is 1. The summed E-state index contributed by atoms with van der Waals surface area (Å²) < 4.78 is 6.56. The highest BCUT2D eigenvalue weighted by molar-refractivity contribution is 6.20. The molecule has 0 aliphatic rings. The third kappa shape index (κ3) is 4.80. The number of hydrogen-bond acceptors (Lipinski definition) is 4. The first kappa shape index (κ1) is 29.5. The molecule has 0 fully saturated rings. The first-order valence-electron chi connectivity index (χ1n) is 17.9. The fraction of sp³-hybridized carbons (Fsp3) is 0. The van der Waals surface area contributed by atoms with Crippen molar-refractivity contribution >= 4 is 65.0 Å². The van der Waals surface area contributed by atoms with Crippen LogP contribution in [-0.4, -0.2) is 15.0 Å². The monoisotopic (exact) mass is 675 g/mol. The van der Waals surface area contributed by atoms with Crippen LogP contribution in [0, 0.1) is 0 Å². The molecule has 53 heavy (non-hydrogen) atoms. The predicted octanol–water partition coefficient (Wildman–Crippen LogP) is 13.1. The zero-order chi connectivity index (χ0) is 34.9. The van der Waals surface area contributed by atoms with Gasteiger partial charge in [0.25, 0.3) is 0 Å². The molecule has 4 nitrogen and oxygen atoms in total. The van der Waals surface area contributed by atoms with Crippen LogP contribution >= 0.6 is 0 Å². The molecule has 0 spiro atoms. The Labute approximate surface area is 304 Å². The predicted molar refractivity (Wildman–Crippen MR) is 219 cm³/mol. The van der Waals surface area contributed by atoms with E-state index in [-0.39, 0.29) is 0 Å². The van der Waals surface area contributed by atoms with E-state index in [0.29, 0.717) is 17.5 Å². The van der Waals surface area contributed by atoms with Gasteiger partial charge in [0.15, 0.2) is 17.5 Å². The van der Waals surface area contributed by atoms with Gasteiger partial charge in [-0.3, -0.25) is 0 Å². The SMILES string of the molecule is c1ccc(-c2nc(-c3ccc4c(ccc5ccc6ccccc6c54)c3)nc(-c3cc(-c4cccc5ccccc45)cc4oc5ccccc5c34)n2)cc1. The van der Waals surface area contributed by atoms with E-state index in [0.717, 1.165) is 55.1 Å². The Bertz CT molecular complexity index is 3230. The molecule has 0 aliphatic carbocycles. The van der Waals surface area contributed by atoms with Crippen LogP contribution in [0.2, 0.25) is 0 Å². The average molecular weight is 676 g/mol. The topological polar surface area (TPSA) is 51.8 Å². The highest BCUT2D eigenvalue weighted by atomic mass is 16.3. The number of benzene rings is 9. The third-order valence-corrected chi connectivity index (χ3v) is 10.5. The summed E-state index contributed by atoms with van der Waals surface area (Å²) in [5, 5.41) is 11.7. The van der Waals surface area contributed by atoms with Crippen molar-refractivity contribution in [1.29, 1.82) is 0 Å². The van der Waals surface area contributed by atoms with Crippen LogP contribution in [0.1, 0.15) is 0 Å². The molecule has 0 aliphatic heterocycles. The van der Waals surface area contributed by atoms with Crippen LogP contribution in [0.4, 0.5) is 0 Å².